The third kappa shape index (κ3) is 2.38. The van der Waals surface area contributed by atoms with E-state index in [1.165, 1.54) is 24.1 Å². The molecule has 0 fully saturated rings. The van der Waals surface area contributed by atoms with E-state index in [0.29, 0.717) is 29.8 Å². The van der Waals surface area contributed by atoms with Crippen LogP contribution in [-0.4, -0.2) is 12.1 Å². The van der Waals surface area contributed by atoms with Gasteiger partial charge in [0, 0.05) is 11.6 Å². The molecule has 120 valence electrons. The topological polar surface area (TPSA) is 3.24 Å². The Kier molecular flexibility index (Phi) is 3.67. The van der Waals surface area contributed by atoms with Crippen LogP contribution in [0.1, 0.15) is 56.6 Å². The van der Waals surface area contributed by atoms with Gasteiger partial charge in [0.2, 0.25) is 0 Å². The highest BCUT2D eigenvalue weighted by Crippen LogP contribution is 2.48. The molecule has 0 saturated heterocycles. The SMILES string of the molecule is CC(C)c1ccc2c(c1)C1CCC=CC1N2C1C=CC=CC1C. The molecule has 1 aromatic carbocycles. The standard InChI is InChI=1S/C22H27N/c1-15(2)17-12-13-22-19(14-17)18-9-5-7-11-21(18)23(22)20-10-6-4-8-16(20)3/h4,6-8,10-16,18,20-21H,5,9H2,1-3H3. The van der Waals surface area contributed by atoms with Crippen molar-refractivity contribution in [3.63, 3.8) is 0 Å². The van der Waals surface area contributed by atoms with Crippen molar-refractivity contribution in [3.8, 4) is 0 Å². The number of hydrogen-bond acceptors (Lipinski definition) is 1. The predicted octanol–water partition coefficient (Wildman–Crippen LogP) is 5.56. The largest absolute Gasteiger partial charge is 0.357 e. The van der Waals surface area contributed by atoms with Gasteiger partial charge in [0.1, 0.15) is 0 Å². The molecule has 0 N–H and O–H groups in total. The number of fused-ring (bicyclic) bond motifs is 3. The van der Waals surface area contributed by atoms with E-state index in [4.69, 9.17) is 0 Å². The summed E-state index contributed by atoms with van der Waals surface area (Å²) in [5.74, 6) is 1.83. The lowest BCUT2D eigenvalue weighted by Crippen LogP contribution is -2.44. The summed E-state index contributed by atoms with van der Waals surface area (Å²) in [7, 11) is 0. The summed E-state index contributed by atoms with van der Waals surface area (Å²) in [6, 6.07) is 8.22. The number of rotatable bonds is 2. The van der Waals surface area contributed by atoms with Crippen molar-refractivity contribution in [3.05, 3.63) is 65.8 Å². The van der Waals surface area contributed by atoms with Gasteiger partial charge in [-0.05, 0) is 41.9 Å². The molecule has 0 saturated carbocycles. The van der Waals surface area contributed by atoms with Gasteiger partial charge in [-0.15, -0.1) is 0 Å². The fourth-order valence-electron chi connectivity index (χ4n) is 4.48. The van der Waals surface area contributed by atoms with E-state index in [0.717, 1.165) is 0 Å². The minimum atomic E-state index is 0.474. The van der Waals surface area contributed by atoms with E-state index in [2.05, 4.69) is 80.3 Å². The smallest absolute Gasteiger partial charge is 0.0549 e. The number of nitrogens with zero attached hydrogens (tertiary/aromatic N) is 1. The summed E-state index contributed by atoms with van der Waals surface area (Å²) in [5.41, 5.74) is 4.53. The third-order valence-electron chi connectivity index (χ3n) is 5.80. The van der Waals surface area contributed by atoms with Crippen LogP contribution in [-0.2, 0) is 0 Å². The number of allylic oxidation sites excluding steroid dienone is 3. The van der Waals surface area contributed by atoms with Crippen LogP contribution in [0.5, 0.6) is 0 Å². The first-order valence-corrected chi connectivity index (χ1v) is 9.10. The van der Waals surface area contributed by atoms with Gasteiger partial charge >= 0.3 is 0 Å². The van der Waals surface area contributed by atoms with Gasteiger partial charge in [0.15, 0.2) is 0 Å². The fourth-order valence-corrected chi connectivity index (χ4v) is 4.48. The van der Waals surface area contributed by atoms with Crippen molar-refractivity contribution in [2.75, 3.05) is 4.90 Å². The summed E-state index contributed by atoms with van der Waals surface area (Å²) in [6.07, 6.45) is 16.5. The van der Waals surface area contributed by atoms with Crippen molar-refractivity contribution < 1.29 is 0 Å². The Hall–Kier alpha value is -1.76. The Bertz CT molecular complexity index is 679. The Labute approximate surface area is 140 Å². The maximum absolute atomic E-state index is 2.68. The monoisotopic (exact) mass is 305 g/mol. The zero-order chi connectivity index (χ0) is 16.0. The molecule has 0 amide bonds. The van der Waals surface area contributed by atoms with E-state index < -0.39 is 0 Å². The molecule has 4 rings (SSSR count). The highest BCUT2D eigenvalue weighted by atomic mass is 15.2. The molecular formula is C22H27N. The lowest BCUT2D eigenvalue weighted by atomic mass is 9.85. The molecule has 3 aliphatic rings. The molecule has 0 bridgehead atoms. The molecule has 0 radical (unpaired) electrons. The molecule has 1 aliphatic heterocycles. The molecule has 1 aromatic rings. The van der Waals surface area contributed by atoms with Gasteiger partial charge in [-0.3, -0.25) is 0 Å². The Morgan fingerprint density at radius 1 is 1.04 bits per heavy atom. The van der Waals surface area contributed by atoms with Gasteiger partial charge in [0.25, 0.3) is 0 Å². The van der Waals surface area contributed by atoms with Crippen molar-refractivity contribution in [1.29, 1.82) is 0 Å². The van der Waals surface area contributed by atoms with Crippen molar-refractivity contribution in [1.82, 2.24) is 0 Å². The molecule has 1 nitrogen and oxygen atoms in total. The molecule has 0 aromatic heterocycles. The van der Waals surface area contributed by atoms with Gasteiger partial charge in [-0.2, -0.15) is 0 Å². The van der Waals surface area contributed by atoms with E-state index in [1.807, 2.05) is 0 Å². The highest BCUT2D eigenvalue weighted by molar-refractivity contribution is 5.66. The first kappa shape index (κ1) is 14.8. The van der Waals surface area contributed by atoms with Crippen molar-refractivity contribution >= 4 is 5.69 Å². The fraction of sp³-hybridized carbons (Fsp3) is 0.455. The molecule has 1 heteroatoms. The maximum atomic E-state index is 2.68. The molecule has 2 aliphatic carbocycles. The van der Waals surface area contributed by atoms with Gasteiger partial charge in [-0.25, -0.2) is 0 Å². The highest BCUT2D eigenvalue weighted by Gasteiger charge is 2.41. The molecule has 1 heterocycles. The summed E-state index contributed by atoms with van der Waals surface area (Å²) in [5, 5.41) is 0. The van der Waals surface area contributed by atoms with Crippen LogP contribution in [0.4, 0.5) is 5.69 Å². The first-order chi connectivity index (χ1) is 11.2. The van der Waals surface area contributed by atoms with Crippen LogP contribution in [0.2, 0.25) is 0 Å². The lowest BCUT2D eigenvalue weighted by Gasteiger charge is -2.38. The number of hydrogen-bond donors (Lipinski definition) is 0. The number of anilines is 1. The van der Waals surface area contributed by atoms with Crippen LogP contribution >= 0.6 is 0 Å². The Balaban J connectivity index is 1.80. The van der Waals surface area contributed by atoms with Gasteiger partial charge in [-0.1, -0.05) is 69.4 Å². The maximum Gasteiger partial charge on any atom is 0.0549 e. The quantitative estimate of drug-likeness (QED) is 0.646. The average Bonchev–Trinajstić information content (AvgIpc) is 2.89. The molecule has 23 heavy (non-hydrogen) atoms. The van der Waals surface area contributed by atoms with Crippen LogP contribution in [0.3, 0.4) is 0 Å². The summed E-state index contributed by atoms with van der Waals surface area (Å²) < 4.78 is 0. The van der Waals surface area contributed by atoms with E-state index >= 15 is 0 Å². The second kappa shape index (κ2) is 5.70. The van der Waals surface area contributed by atoms with Gasteiger partial charge in [0.05, 0.1) is 12.1 Å². The predicted molar refractivity (Wildman–Crippen MR) is 99.1 cm³/mol. The molecule has 0 spiro atoms. The number of benzene rings is 1. The molecular weight excluding hydrogens is 278 g/mol. The lowest BCUT2D eigenvalue weighted by molar-refractivity contribution is 0.484. The van der Waals surface area contributed by atoms with Crippen LogP contribution in [0, 0.1) is 5.92 Å². The normalized spacial score (nSPS) is 31.6. The van der Waals surface area contributed by atoms with E-state index in [1.54, 1.807) is 5.56 Å². The Morgan fingerprint density at radius 2 is 1.87 bits per heavy atom. The summed E-state index contributed by atoms with van der Waals surface area (Å²) >= 11 is 0. The van der Waals surface area contributed by atoms with Crippen LogP contribution < -0.4 is 4.90 Å². The second-order valence-electron chi connectivity index (χ2n) is 7.60. The average molecular weight is 305 g/mol. The zero-order valence-electron chi connectivity index (χ0n) is 14.4. The summed E-state index contributed by atoms with van der Waals surface area (Å²) in [6.45, 7) is 6.93. The second-order valence-corrected chi connectivity index (χ2v) is 7.60. The third-order valence-corrected chi connectivity index (χ3v) is 5.80. The first-order valence-electron chi connectivity index (χ1n) is 9.10. The minimum Gasteiger partial charge on any atom is -0.357 e. The molecule has 4 atom stereocenters. The summed E-state index contributed by atoms with van der Waals surface area (Å²) in [4.78, 5) is 2.68. The van der Waals surface area contributed by atoms with Crippen molar-refractivity contribution in [2.45, 2.75) is 57.5 Å². The molecule has 4 unspecified atom stereocenters. The van der Waals surface area contributed by atoms with E-state index in [-0.39, 0.29) is 0 Å². The van der Waals surface area contributed by atoms with E-state index in [9.17, 15) is 0 Å². The zero-order valence-corrected chi connectivity index (χ0v) is 14.4. The minimum absolute atomic E-state index is 0.474. The Morgan fingerprint density at radius 3 is 2.65 bits per heavy atom. The van der Waals surface area contributed by atoms with Crippen LogP contribution in [0.15, 0.2) is 54.7 Å². The van der Waals surface area contributed by atoms with Gasteiger partial charge < -0.3 is 4.90 Å². The van der Waals surface area contributed by atoms with Crippen LogP contribution in [0.25, 0.3) is 0 Å². The van der Waals surface area contributed by atoms with Crippen molar-refractivity contribution in [2.24, 2.45) is 5.92 Å².